The van der Waals surface area contributed by atoms with Crippen molar-refractivity contribution >= 4 is 0 Å². The molecule has 1 saturated heterocycles. The van der Waals surface area contributed by atoms with Gasteiger partial charge < -0.3 is 5.73 Å². The Kier molecular flexibility index (Phi) is 6.06. The van der Waals surface area contributed by atoms with Crippen molar-refractivity contribution < 1.29 is 0 Å². The predicted molar refractivity (Wildman–Crippen MR) is 87.0 cm³/mol. The Morgan fingerprint density at radius 3 is 2.15 bits per heavy atom. The van der Waals surface area contributed by atoms with Gasteiger partial charge in [-0.3, -0.25) is 4.90 Å². The van der Waals surface area contributed by atoms with E-state index < -0.39 is 0 Å². The van der Waals surface area contributed by atoms with Crippen molar-refractivity contribution in [3.8, 4) is 0 Å². The van der Waals surface area contributed by atoms with Gasteiger partial charge in [0.25, 0.3) is 0 Å². The number of rotatable bonds is 2. The number of likely N-dealkylation sites (tertiary alicyclic amines) is 1. The minimum absolute atomic E-state index is 0.428. The van der Waals surface area contributed by atoms with Crippen LogP contribution in [0.3, 0.4) is 0 Å². The summed E-state index contributed by atoms with van der Waals surface area (Å²) in [4.78, 5) is 2.63. The molecule has 1 atom stereocenters. The second-order valence-corrected chi connectivity index (χ2v) is 5.96. The van der Waals surface area contributed by atoms with Crippen LogP contribution in [0.4, 0.5) is 0 Å². The largest absolute Gasteiger partial charge is 0.326 e. The lowest BCUT2D eigenvalue weighted by Crippen LogP contribution is -2.37. The number of nitrogens with zero attached hydrogens (tertiary/aromatic N) is 1. The zero-order chi connectivity index (χ0) is 14.4. The summed E-state index contributed by atoms with van der Waals surface area (Å²) in [6.07, 6.45) is 6.60. The molecule has 0 spiro atoms. The quantitative estimate of drug-likeness (QED) is 0.889. The minimum Gasteiger partial charge on any atom is -0.326 e. The molecule has 2 nitrogen and oxygen atoms in total. The van der Waals surface area contributed by atoms with E-state index in [9.17, 15) is 0 Å². The minimum atomic E-state index is 0.428. The molecule has 2 aliphatic rings. The second-order valence-electron chi connectivity index (χ2n) is 5.96. The third-order valence-electron chi connectivity index (χ3n) is 4.74. The standard InChI is InChI=1S/C16H24N2.C2H6/c17-15-10-11-18(12-15)16-8-6-14(7-9-16)13-4-2-1-3-5-13;1-2/h1-5,14-16H,6-12,17H2;1-2H3. The van der Waals surface area contributed by atoms with E-state index in [1.54, 1.807) is 0 Å². The van der Waals surface area contributed by atoms with Crippen LogP contribution in [0.25, 0.3) is 0 Å². The molecule has 2 fully saturated rings. The van der Waals surface area contributed by atoms with Gasteiger partial charge in [-0.15, -0.1) is 0 Å². The lowest BCUT2D eigenvalue weighted by molar-refractivity contribution is 0.180. The SMILES string of the molecule is CC.NC1CCN(C2CCC(c3ccccc3)CC2)C1. The molecule has 1 unspecified atom stereocenters. The second kappa shape index (κ2) is 7.80. The molecule has 1 saturated carbocycles. The van der Waals surface area contributed by atoms with Gasteiger partial charge in [0.1, 0.15) is 0 Å². The zero-order valence-electron chi connectivity index (χ0n) is 13.1. The van der Waals surface area contributed by atoms with Crippen LogP contribution in [0.1, 0.15) is 57.4 Å². The van der Waals surface area contributed by atoms with E-state index in [0.29, 0.717) is 6.04 Å². The first kappa shape index (κ1) is 15.5. The smallest absolute Gasteiger partial charge is 0.0180 e. The van der Waals surface area contributed by atoms with Crippen LogP contribution in [-0.4, -0.2) is 30.1 Å². The van der Waals surface area contributed by atoms with Crippen LogP contribution < -0.4 is 5.73 Å². The van der Waals surface area contributed by atoms with Crippen molar-refractivity contribution in [2.75, 3.05) is 13.1 Å². The molecule has 1 aliphatic heterocycles. The molecule has 1 aliphatic carbocycles. The van der Waals surface area contributed by atoms with Crippen LogP contribution in [0, 0.1) is 0 Å². The summed E-state index contributed by atoms with van der Waals surface area (Å²) in [5, 5.41) is 0. The molecule has 1 aromatic carbocycles. The normalized spacial score (nSPS) is 30.6. The highest BCUT2D eigenvalue weighted by molar-refractivity contribution is 5.20. The summed E-state index contributed by atoms with van der Waals surface area (Å²) in [6.45, 7) is 6.35. The Balaban J connectivity index is 0.000000704. The van der Waals surface area contributed by atoms with Crippen LogP contribution in [-0.2, 0) is 0 Å². The van der Waals surface area contributed by atoms with Crippen LogP contribution in [0.5, 0.6) is 0 Å². The first-order chi connectivity index (χ1) is 9.83. The first-order valence-electron chi connectivity index (χ1n) is 8.37. The molecule has 3 rings (SSSR count). The molecule has 0 amide bonds. The average molecular weight is 274 g/mol. The predicted octanol–water partition coefficient (Wildman–Crippen LogP) is 3.77. The van der Waals surface area contributed by atoms with Crippen molar-refractivity contribution in [1.82, 2.24) is 4.90 Å². The van der Waals surface area contributed by atoms with E-state index in [0.717, 1.165) is 18.5 Å². The molecule has 2 N–H and O–H groups in total. The van der Waals surface area contributed by atoms with Gasteiger partial charge in [-0.25, -0.2) is 0 Å². The van der Waals surface area contributed by atoms with Crippen molar-refractivity contribution in [3.05, 3.63) is 35.9 Å². The van der Waals surface area contributed by atoms with Gasteiger partial charge in [0.05, 0.1) is 0 Å². The maximum Gasteiger partial charge on any atom is 0.0180 e. The summed E-state index contributed by atoms with van der Waals surface area (Å²) in [6, 6.07) is 12.3. The summed E-state index contributed by atoms with van der Waals surface area (Å²) < 4.78 is 0. The fourth-order valence-corrected chi connectivity index (χ4v) is 3.65. The summed E-state index contributed by atoms with van der Waals surface area (Å²) >= 11 is 0. The van der Waals surface area contributed by atoms with E-state index in [-0.39, 0.29) is 0 Å². The van der Waals surface area contributed by atoms with Crippen LogP contribution >= 0.6 is 0 Å². The van der Waals surface area contributed by atoms with Gasteiger partial charge in [0.15, 0.2) is 0 Å². The van der Waals surface area contributed by atoms with E-state index >= 15 is 0 Å². The molecular formula is C18H30N2. The molecule has 1 heterocycles. The van der Waals surface area contributed by atoms with Gasteiger partial charge in [0.2, 0.25) is 0 Å². The zero-order valence-corrected chi connectivity index (χ0v) is 13.1. The van der Waals surface area contributed by atoms with E-state index in [2.05, 4.69) is 35.2 Å². The Morgan fingerprint density at radius 1 is 0.950 bits per heavy atom. The van der Waals surface area contributed by atoms with E-state index in [1.807, 2.05) is 13.8 Å². The fourth-order valence-electron chi connectivity index (χ4n) is 3.65. The van der Waals surface area contributed by atoms with Crippen molar-refractivity contribution in [2.45, 2.75) is 64.0 Å². The molecular weight excluding hydrogens is 244 g/mol. The summed E-state index contributed by atoms with van der Waals surface area (Å²) in [7, 11) is 0. The summed E-state index contributed by atoms with van der Waals surface area (Å²) in [5.41, 5.74) is 7.54. The van der Waals surface area contributed by atoms with Crippen molar-refractivity contribution in [2.24, 2.45) is 5.73 Å². The number of benzene rings is 1. The van der Waals surface area contributed by atoms with Crippen LogP contribution in [0.2, 0.25) is 0 Å². The Hall–Kier alpha value is -0.860. The van der Waals surface area contributed by atoms with Gasteiger partial charge in [-0.1, -0.05) is 44.2 Å². The molecule has 0 radical (unpaired) electrons. The Bertz CT molecular complexity index is 368. The highest BCUT2D eigenvalue weighted by atomic mass is 15.2. The lowest BCUT2D eigenvalue weighted by Gasteiger charge is -2.34. The molecule has 0 bridgehead atoms. The Labute approximate surface area is 124 Å². The third-order valence-corrected chi connectivity index (χ3v) is 4.74. The topological polar surface area (TPSA) is 29.3 Å². The molecule has 0 aromatic heterocycles. The van der Waals surface area contributed by atoms with Crippen molar-refractivity contribution in [3.63, 3.8) is 0 Å². The monoisotopic (exact) mass is 274 g/mol. The molecule has 112 valence electrons. The van der Waals surface area contributed by atoms with Crippen LogP contribution in [0.15, 0.2) is 30.3 Å². The van der Waals surface area contributed by atoms with Gasteiger partial charge >= 0.3 is 0 Å². The summed E-state index contributed by atoms with van der Waals surface area (Å²) in [5.74, 6) is 0.790. The molecule has 20 heavy (non-hydrogen) atoms. The third kappa shape index (κ3) is 3.83. The fraction of sp³-hybridized carbons (Fsp3) is 0.667. The first-order valence-corrected chi connectivity index (χ1v) is 8.37. The molecule has 2 heteroatoms. The lowest BCUT2D eigenvalue weighted by atomic mass is 9.81. The highest BCUT2D eigenvalue weighted by Crippen LogP contribution is 2.35. The van der Waals surface area contributed by atoms with E-state index in [1.165, 1.54) is 44.2 Å². The van der Waals surface area contributed by atoms with Crippen molar-refractivity contribution in [1.29, 1.82) is 0 Å². The Morgan fingerprint density at radius 2 is 1.60 bits per heavy atom. The maximum absolute atomic E-state index is 6.01. The van der Waals surface area contributed by atoms with Gasteiger partial charge in [-0.2, -0.15) is 0 Å². The molecule has 1 aromatic rings. The number of hydrogen-bond acceptors (Lipinski definition) is 2. The number of hydrogen-bond donors (Lipinski definition) is 1. The highest BCUT2D eigenvalue weighted by Gasteiger charge is 2.30. The maximum atomic E-state index is 6.01. The number of nitrogens with two attached hydrogens (primary N) is 1. The van der Waals surface area contributed by atoms with Gasteiger partial charge in [0, 0.05) is 25.2 Å². The van der Waals surface area contributed by atoms with Gasteiger partial charge in [-0.05, 0) is 43.6 Å². The van der Waals surface area contributed by atoms with E-state index in [4.69, 9.17) is 5.73 Å². The average Bonchev–Trinajstić information content (AvgIpc) is 2.97.